The van der Waals surface area contributed by atoms with E-state index < -0.39 is 42.1 Å². The number of thiol groups is 1. The largest absolute Gasteiger partial charge is 0.444 e. The number of amides is 3. The second-order valence-corrected chi connectivity index (χ2v) is 9.00. The van der Waals surface area contributed by atoms with Gasteiger partial charge in [-0.25, -0.2) is 4.79 Å². The molecule has 1 aromatic rings. The number of ether oxygens (including phenoxy) is 1. The Labute approximate surface area is 207 Å². The predicted octanol–water partition coefficient (Wildman–Crippen LogP) is 3.19. The maximum Gasteiger partial charge on any atom is 0.408 e. The molecule has 0 heterocycles. The predicted molar refractivity (Wildman–Crippen MR) is 134 cm³/mol. The summed E-state index contributed by atoms with van der Waals surface area (Å²) in [5.41, 5.74) is 0.0685. The van der Waals surface area contributed by atoms with Crippen molar-refractivity contribution < 1.29 is 19.1 Å². The minimum Gasteiger partial charge on any atom is -0.444 e. The van der Waals surface area contributed by atoms with Gasteiger partial charge in [0.1, 0.15) is 24.2 Å². The summed E-state index contributed by atoms with van der Waals surface area (Å²) in [6.07, 6.45) is 7.55. The molecule has 34 heavy (non-hydrogen) atoms. The van der Waals surface area contributed by atoms with Crippen LogP contribution in [0.2, 0.25) is 0 Å². The van der Waals surface area contributed by atoms with E-state index in [0.29, 0.717) is 17.7 Å². The number of carbonyl (C=O) groups is 3. The summed E-state index contributed by atoms with van der Waals surface area (Å²) >= 11 is 4.20. The maximum absolute atomic E-state index is 13.5. The SMILES string of the molecule is C#Cc1ccccc1C(C(=O)NCCCCC)N(CC#N)C(=O)C(CS)NC(=O)OC(C)(C)C. The van der Waals surface area contributed by atoms with Crippen molar-refractivity contribution in [2.75, 3.05) is 18.8 Å². The molecule has 1 aromatic carbocycles. The lowest BCUT2D eigenvalue weighted by Gasteiger charge is -2.33. The first-order valence-electron chi connectivity index (χ1n) is 11.2. The van der Waals surface area contributed by atoms with Crippen LogP contribution in [0.15, 0.2) is 24.3 Å². The fourth-order valence-corrected chi connectivity index (χ4v) is 3.46. The fraction of sp³-hybridized carbons (Fsp3) is 0.520. The number of unbranched alkanes of at least 4 members (excludes halogenated alkanes) is 2. The highest BCUT2D eigenvalue weighted by Gasteiger charge is 2.36. The number of hydrogen-bond donors (Lipinski definition) is 3. The summed E-state index contributed by atoms with van der Waals surface area (Å²) in [4.78, 5) is 40.2. The standard InChI is InChI=1S/C25H34N4O4S/c1-6-8-11-15-27-22(30)21(19-13-10-9-12-18(19)7-2)29(16-14-26)23(31)20(17-34)28-24(32)33-25(3,4)5/h2,9-10,12-13,20-21,34H,6,8,11,15-17H2,1,3-5H3,(H,27,30)(H,28,32). The lowest BCUT2D eigenvalue weighted by Crippen LogP contribution is -2.54. The van der Waals surface area contributed by atoms with Gasteiger partial charge in [-0.05, 0) is 38.8 Å². The monoisotopic (exact) mass is 486 g/mol. The van der Waals surface area contributed by atoms with Crippen LogP contribution in [0.25, 0.3) is 0 Å². The van der Waals surface area contributed by atoms with E-state index in [9.17, 15) is 19.6 Å². The molecule has 0 aliphatic heterocycles. The molecule has 0 spiro atoms. The molecule has 184 valence electrons. The van der Waals surface area contributed by atoms with E-state index in [4.69, 9.17) is 11.2 Å². The van der Waals surface area contributed by atoms with E-state index >= 15 is 0 Å². The molecule has 0 saturated carbocycles. The third-order valence-corrected chi connectivity index (χ3v) is 5.11. The Morgan fingerprint density at radius 3 is 2.47 bits per heavy atom. The van der Waals surface area contributed by atoms with Crippen LogP contribution in [0.4, 0.5) is 4.79 Å². The van der Waals surface area contributed by atoms with Gasteiger partial charge in [-0.1, -0.05) is 43.9 Å². The van der Waals surface area contributed by atoms with Gasteiger partial charge in [0, 0.05) is 17.9 Å². The Kier molecular flexibility index (Phi) is 12.0. The molecule has 0 aromatic heterocycles. The summed E-state index contributed by atoms with van der Waals surface area (Å²) in [7, 11) is 0. The molecule has 0 aliphatic rings. The summed E-state index contributed by atoms with van der Waals surface area (Å²) in [5.74, 6) is 1.36. The quantitative estimate of drug-likeness (QED) is 0.193. The van der Waals surface area contributed by atoms with Gasteiger partial charge in [0.15, 0.2) is 0 Å². The highest BCUT2D eigenvalue weighted by Crippen LogP contribution is 2.25. The van der Waals surface area contributed by atoms with Crippen LogP contribution >= 0.6 is 12.6 Å². The molecule has 0 saturated heterocycles. The Morgan fingerprint density at radius 2 is 1.91 bits per heavy atom. The van der Waals surface area contributed by atoms with E-state index in [-0.39, 0.29) is 5.75 Å². The molecule has 9 heteroatoms. The summed E-state index contributed by atoms with van der Waals surface area (Å²) in [6, 6.07) is 6.41. The number of terminal acetylenes is 1. The molecule has 2 N–H and O–H groups in total. The fourth-order valence-electron chi connectivity index (χ4n) is 3.21. The first-order chi connectivity index (χ1) is 16.1. The van der Waals surface area contributed by atoms with Crippen LogP contribution in [0.3, 0.4) is 0 Å². The zero-order chi connectivity index (χ0) is 25.7. The van der Waals surface area contributed by atoms with Crippen LogP contribution in [0.1, 0.15) is 64.1 Å². The summed E-state index contributed by atoms with van der Waals surface area (Å²) in [6.45, 7) is 7.16. The van der Waals surface area contributed by atoms with E-state index in [1.54, 1.807) is 45.0 Å². The van der Waals surface area contributed by atoms with E-state index in [1.807, 2.05) is 6.07 Å². The van der Waals surface area contributed by atoms with Crippen molar-refractivity contribution in [3.8, 4) is 18.4 Å². The number of nitriles is 1. The van der Waals surface area contributed by atoms with Crippen molar-refractivity contribution in [3.63, 3.8) is 0 Å². The molecule has 0 fully saturated rings. The second kappa shape index (κ2) is 14.2. The van der Waals surface area contributed by atoms with Crippen LogP contribution in [-0.4, -0.2) is 53.3 Å². The van der Waals surface area contributed by atoms with Crippen LogP contribution in [0, 0.1) is 23.7 Å². The number of hydrogen-bond acceptors (Lipinski definition) is 6. The van der Waals surface area contributed by atoms with Gasteiger partial charge in [-0.15, -0.1) is 6.42 Å². The van der Waals surface area contributed by atoms with Crippen molar-refractivity contribution in [1.29, 1.82) is 5.26 Å². The smallest absolute Gasteiger partial charge is 0.408 e. The highest BCUT2D eigenvalue weighted by molar-refractivity contribution is 7.80. The van der Waals surface area contributed by atoms with Gasteiger partial charge >= 0.3 is 6.09 Å². The van der Waals surface area contributed by atoms with E-state index in [1.165, 1.54) is 0 Å². The molecule has 0 bridgehead atoms. The molecular weight excluding hydrogens is 452 g/mol. The topological polar surface area (TPSA) is 112 Å². The molecule has 1 rings (SSSR count). The minimum absolute atomic E-state index is 0.0678. The van der Waals surface area contributed by atoms with Gasteiger partial charge in [0.2, 0.25) is 11.8 Å². The van der Waals surface area contributed by atoms with E-state index in [0.717, 1.165) is 24.2 Å². The second-order valence-electron chi connectivity index (χ2n) is 8.64. The van der Waals surface area contributed by atoms with Crippen molar-refractivity contribution >= 4 is 30.5 Å². The number of rotatable bonds is 11. The van der Waals surface area contributed by atoms with Gasteiger partial charge < -0.3 is 20.3 Å². The molecule has 8 nitrogen and oxygen atoms in total. The van der Waals surface area contributed by atoms with Crippen molar-refractivity contribution in [2.45, 2.75) is 64.6 Å². The zero-order valence-electron chi connectivity index (χ0n) is 20.3. The van der Waals surface area contributed by atoms with Gasteiger partial charge in [0.25, 0.3) is 0 Å². The Hall–Kier alpha value is -3.17. The first kappa shape index (κ1) is 28.9. The number of benzene rings is 1. The van der Waals surface area contributed by atoms with Crippen LogP contribution in [0.5, 0.6) is 0 Å². The minimum atomic E-state index is -1.16. The molecule has 0 radical (unpaired) electrons. The average molecular weight is 487 g/mol. The Bertz CT molecular complexity index is 930. The maximum atomic E-state index is 13.5. The average Bonchev–Trinajstić information content (AvgIpc) is 2.78. The van der Waals surface area contributed by atoms with Crippen LogP contribution < -0.4 is 10.6 Å². The molecule has 3 amide bonds. The number of alkyl carbamates (subject to hydrolysis) is 1. The Morgan fingerprint density at radius 1 is 1.24 bits per heavy atom. The zero-order valence-corrected chi connectivity index (χ0v) is 21.2. The molecule has 2 atom stereocenters. The number of nitrogens with one attached hydrogen (secondary N) is 2. The summed E-state index contributed by atoms with van der Waals surface area (Å²) < 4.78 is 5.24. The van der Waals surface area contributed by atoms with Gasteiger partial charge in [0.05, 0.1) is 6.07 Å². The van der Waals surface area contributed by atoms with Gasteiger partial charge in [-0.2, -0.15) is 17.9 Å². The summed E-state index contributed by atoms with van der Waals surface area (Å²) in [5, 5.41) is 14.8. The molecule has 2 unspecified atom stereocenters. The lowest BCUT2D eigenvalue weighted by molar-refractivity contribution is -0.141. The third-order valence-electron chi connectivity index (χ3n) is 4.75. The third kappa shape index (κ3) is 8.99. The van der Waals surface area contributed by atoms with Crippen molar-refractivity contribution in [3.05, 3.63) is 35.4 Å². The van der Waals surface area contributed by atoms with Crippen molar-refractivity contribution in [1.82, 2.24) is 15.5 Å². The van der Waals surface area contributed by atoms with Crippen LogP contribution in [-0.2, 0) is 14.3 Å². The highest BCUT2D eigenvalue weighted by atomic mass is 32.1. The molecular formula is C25H34N4O4S. The van der Waals surface area contributed by atoms with Gasteiger partial charge in [-0.3, -0.25) is 9.59 Å². The molecule has 0 aliphatic carbocycles. The number of nitrogens with zero attached hydrogens (tertiary/aromatic N) is 2. The van der Waals surface area contributed by atoms with E-state index in [2.05, 4.69) is 36.1 Å². The van der Waals surface area contributed by atoms with Crippen molar-refractivity contribution in [2.24, 2.45) is 0 Å². The normalized spacial score (nSPS) is 12.4. The number of carbonyl (C=O) groups excluding carboxylic acids is 3. The Balaban J connectivity index is 3.35. The first-order valence-corrected chi connectivity index (χ1v) is 11.8. The lowest BCUT2D eigenvalue weighted by atomic mass is 9.97.